The van der Waals surface area contributed by atoms with Crippen molar-refractivity contribution >= 4 is 11.6 Å². The van der Waals surface area contributed by atoms with Gasteiger partial charge in [0.05, 0.1) is 6.61 Å². The Morgan fingerprint density at radius 3 is 2.73 bits per heavy atom. The molecule has 0 aliphatic carbocycles. The highest BCUT2D eigenvalue weighted by Gasteiger charge is 2.21. The van der Waals surface area contributed by atoms with Gasteiger partial charge in [-0.3, -0.25) is 0 Å². The quantitative estimate of drug-likeness (QED) is 0.594. The molecule has 0 radical (unpaired) electrons. The van der Waals surface area contributed by atoms with Crippen molar-refractivity contribution in [3.8, 4) is 5.75 Å². The molecular formula is C19H21N3O4. The van der Waals surface area contributed by atoms with Gasteiger partial charge in [0.25, 0.3) is 0 Å². The van der Waals surface area contributed by atoms with E-state index in [0.717, 1.165) is 12.1 Å². The second-order valence-corrected chi connectivity index (χ2v) is 5.71. The summed E-state index contributed by atoms with van der Waals surface area (Å²) in [6.45, 7) is 3.15. The van der Waals surface area contributed by atoms with Crippen LogP contribution in [0.5, 0.6) is 5.75 Å². The van der Waals surface area contributed by atoms with Gasteiger partial charge >= 0.3 is 5.97 Å². The predicted octanol–water partition coefficient (Wildman–Crippen LogP) is 2.63. The fourth-order valence-corrected chi connectivity index (χ4v) is 2.78. The Kier molecular flexibility index (Phi) is 5.80. The molecule has 3 rings (SSSR count). The van der Waals surface area contributed by atoms with Crippen molar-refractivity contribution in [3.63, 3.8) is 0 Å². The summed E-state index contributed by atoms with van der Waals surface area (Å²) in [5, 5.41) is 13.8. The van der Waals surface area contributed by atoms with E-state index < -0.39 is 5.97 Å². The average Bonchev–Trinajstić information content (AvgIpc) is 3.13. The highest BCUT2D eigenvalue weighted by Crippen LogP contribution is 2.25. The van der Waals surface area contributed by atoms with Gasteiger partial charge in [-0.25, -0.2) is 14.3 Å². The molecule has 2 aromatic heterocycles. The maximum atomic E-state index is 11.7. The van der Waals surface area contributed by atoms with Crippen molar-refractivity contribution in [2.24, 2.45) is 0 Å². The Balaban J connectivity index is 1.90. The molecule has 0 fully saturated rings. The molecule has 1 N–H and O–H groups in total. The number of fused-ring (bicyclic) bond motifs is 1. The summed E-state index contributed by atoms with van der Waals surface area (Å²) in [5.74, 6) is -0.801. The van der Waals surface area contributed by atoms with E-state index in [1.54, 1.807) is 10.6 Å². The molecular weight excluding hydrogens is 334 g/mol. The zero-order valence-electron chi connectivity index (χ0n) is 14.6. The molecule has 0 atom stereocenters. The fraction of sp³-hybridized carbons (Fsp3) is 0.316. The summed E-state index contributed by atoms with van der Waals surface area (Å²) in [7, 11) is 0. The van der Waals surface area contributed by atoms with Gasteiger partial charge in [-0.15, -0.1) is 0 Å². The normalized spacial score (nSPS) is 11.0. The van der Waals surface area contributed by atoms with E-state index in [4.69, 9.17) is 9.47 Å². The Morgan fingerprint density at radius 2 is 2.00 bits per heavy atom. The average molecular weight is 355 g/mol. The summed E-state index contributed by atoms with van der Waals surface area (Å²) >= 11 is 0. The van der Waals surface area contributed by atoms with Crippen LogP contribution in [0, 0.1) is 0 Å². The Morgan fingerprint density at radius 1 is 1.19 bits per heavy atom. The van der Waals surface area contributed by atoms with Crippen molar-refractivity contribution in [1.82, 2.24) is 14.6 Å². The van der Waals surface area contributed by atoms with Crippen molar-refractivity contribution in [3.05, 3.63) is 59.5 Å². The lowest BCUT2D eigenvalue weighted by molar-refractivity contribution is 0.0688. The molecule has 0 aliphatic heterocycles. The topological polar surface area (TPSA) is 86.0 Å². The minimum atomic E-state index is -1.09. The molecule has 0 amide bonds. The number of hydrogen-bond acceptors (Lipinski definition) is 5. The molecule has 7 heteroatoms. The molecule has 26 heavy (non-hydrogen) atoms. The number of aromatic carboxylic acids is 1. The molecule has 1 aromatic carbocycles. The number of aryl methyl sites for hydroxylation is 2. The largest absolute Gasteiger partial charge is 0.490 e. The number of benzene rings is 1. The molecule has 2 heterocycles. The maximum Gasteiger partial charge on any atom is 0.343 e. The first kappa shape index (κ1) is 17.9. The van der Waals surface area contributed by atoms with Crippen LogP contribution in [-0.4, -0.2) is 45.5 Å². The molecule has 136 valence electrons. The van der Waals surface area contributed by atoms with Crippen molar-refractivity contribution in [2.45, 2.75) is 19.8 Å². The van der Waals surface area contributed by atoms with Gasteiger partial charge < -0.3 is 14.6 Å². The van der Waals surface area contributed by atoms with E-state index >= 15 is 0 Å². The number of hydrogen-bond donors (Lipinski definition) is 1. The molecule has 0 aliphatic rings. The summed E-state index contributed by atoms with van der Waals surface area (Å²) in [6.07, 6.45) is 2.85. The van der Waals surface area contributed by atoms with Gasteiger partial charge in [-0.1, -0.05) is 30.3 Å². The van der Waals surface area contributed by atoms with Crippen molar-refractivity contribution in [2.75, 3.05) is 19.8 Å². The molecule has 7 nitrogen and oxygen atoms in total. The van der Waals surface area contributed by atoms with Crippen LogP contribution in [0.3, 0.4) is 0 Å². The monoisotopic (exact) mass is 355 g/mol. The number of rotatable bonds is 9. The lowest BCUT2D eigenvalue weighted by atomic mass is 10.1. The number of pyridine rings is 1. The molecule has 3 aromatic rings. The third kappa shape index (κ3) is 4.00. The fourth-order valence-electron chi connectivity index (χ4n) is 2.78. The standard InChI is InChI=1S/C19H21N3O4/c1-2-25-10-11-26-16-12-15(9-8-14-6-4-3-5-7-14)22-18(20-13-21-22)17(16)19(23)24/h3-7,12-13H,2,8-11H2,1H3,(H,23,24). The molecule has 0 bridgehead atoms. The number of aromatic nitrogens is 3. The number of carboxylic acids is 1. The van der Waals surface area contributed by atoms with Gasteiger partial charge in [0.15, 0.2) is 5.65 Å². The number of ether oxygens (including phenoxy) is 2. The second-order valence-electron chi connectivity index (χ2n) is 5.71. The third-order valence-corrected chi connectivity index (χ3v) is 4.00. The lowest BCUT2D eigenvalue weighted by Gasteiger charge is -2.13. The van der Waals surface area contributed by atoms with Crippen LogP contribution in [0.2, 0.25) is 0 Å². The zero-order chi connectivity index (χ0) is 18.4. The van der Waals surface area contributed by atoms with Crippen LogP contribution in [0.15, 0.2) is 42.7 Å². The summed E-state index contributed by atoms with van der Waals surface area (Å²) in [4.78, 5) is 15.8. The van der Waals surface area contributed by atoms with Gasteiger partial charge in [0.2, 0.25) is 0 Å². The third-order valence-electron chi connectivity index (χ3n) is 4.00. The van der Waals surface area contributed by atoms with Crippen LogP contribution in [0.25, 0.3) is 5.65 Å². The maximum absolute atomic E-state index is 11.7. The minimum absolute atomic E-state index is 0.0162. The first-order valence-electron chi connectivity index (χ1n) is 8.54. The van der Waals surface area contributed by atoms with Gasteiger partial charge in [0, 0.05) is 18.4 Å². The molecule has 0 saturated carbocycles. The Labute approximate surface area is 151 Å². The van der Waals surface area contributed by atoms with E-state index in [1.807, 2.05) is 25.1 Å². The molecule has 0 saturated heterocycles. The van der Waals surface area contributed by atoms with Gasteiger partial charge in [-0.2, -0.15) is 5.10 Å². The van der Waals surface area contributed by atoms with E-state index in [2.05, 4.69) is 22.2 Å². The number of nitrogens with zero attached hydrogens (tertiary/aromatic N) is 3. The highest BCUT2D eigenvalue weighted by molar-refractivity contribution is 5.97. The summed E-state index contributed by atoms with van der Waals surface area (Å²) in [6, 6.07) is 11.8. The SMILES string of the molecule is CCOCCOc1cc(CCc2ccccc2)n2ncnc2c1C(=O)O. The van der Waals surface area contributed by atoms with Gasteiger partial charge in [0.1, 0.15) is 24.2 Å². The van der Waals surface area contributed by atoms with Crippen molar-refractivity contribution < 1.29 is 19.4 Å². The minimum Gasteiger partial charge on any atom is -0.490 e. The number of carboxylic acid groups (broad SMARTS) is 1. The summed E-state index contributed by atoms with van der Waals surface area (Å²) in [5.41, 5.74) is 2.34. The van der Waals surface area contributed by atoms with Gasteiger partial charge in [-0.05, 0) is 25.3 Å². The molecule has 0 spiro atoms. The Bertz CT molecular complexity index is 877. The van der Waals surface area contributed by atoms with Crippen molar-refractivity contribution in [1.29, 1.82) is 0 Å². The van der Waals surface area contributed by atoms with E-state index in [9.17, 15) is 9.90 Å². The van der Waals surface area contributed by atoms with Crippen LogP contribution < -0.4 is 4.74 Å². The Hall–Kier alpha value is -2.93. The first-order chi connectivity index (χ1) is 12.7. The lowest BCUT2D eigenvalue weighted by Crippen LogP contribution is -2.13. The highest BCUT2D eigenvalue weighted by atomic mass is 16.5. The zero-order valence-corrected chi connectivity index (χ0v) is 14.6. The van der Waals surface area contributed by atoms with Crippen LogP contribution in [-0.2, 0) is 17.6 Å². The first-order valence-corrected chi connectivity index (χ1v) is 8.54. The van der Waals surface area contributed by atoms with Crippen LogP contribution >= 0.6 is 0 Å². The molecule has 0 unspecified atom stereocenters. The van der Waals surface area contributed by atoms with Crippen LogP contribution in [0.1, 0.15) is 28.5 Å². The number of carbonyl (C=O) groups is 1. The summed E-state index contributed by atoms with van der Waals surface area (Å²) < 4.78 is 12.5. The van der Waals surface area contributed by atoms with Crippen LogP contribution in [0.4, 0.5) is 0 Å². The smallest absolute Gasteiger partial charge is 0.343 e. The van der Waals surface area contributed by atoms with E-state index in [-0.39, 0.29) is 17.8 Å². The second kappa shape index (κ2) is 8.44. The van der Waals surface area contributed by atoms with E-state index in [0.29, 0.717) is 25.4 Å². The van der Waals surface area contributed by atoms with E-state index in [1.165, 1.54) is 11.9 Å². The predicted molar refractivity (Wildman–Crippen MR) is 95.8 cm³/mol.